The van der Waals surface area contributed by atoms with Gasteiger partial charge in [0.1, 0.15) is 0 Å². The molecular formula is C37H83N11O28P4. The fraction of sp³-hybridized carbons (Fsp3) is 1.00. The van der Waals surface area contributed by atoms with Crippen molar-refractivity contribution in [3.8, 4) is 0 Å². The van der Waals surface area contributed by atoms with Gasteiger partial charge in [0.15, 0.2) is 0 Å². The molecule has 39 nitrogen and oxygen atoms in total. The Hall–Kier alpha value is 0.160. The second-order valence-corrected chi connectivity index (χ2v) is 28.0. The topological polar surface area (TPSA) is 576 Å². The van der Waals surface area contributed by atoms with Crippen LogP contribution in [0.15, 0.2) is 0 Å². The second kappa shape index (κ2) is 26.9. The van der Waals surface area contributed by atoms with Crippen LogP contribution in [-0.4, -0.2) is 311 Å². The first-order chi connectivity index (χ1) is 37.3. The van der Waals surface area contributed by atoms with E-state index in [9.17, 15) is 85.1 Å². The summed E-state index contributed by atoms with van der Waals surface area (Å²) in [6.45, 7) is -0.141. The molecule has 8 aliphatic rings. The average Bonchev–Trinajstić information content (AvgIpc) is 4.03. The monoisotopic (exact) mass is 1250 g/mol. The van der Waals surface area contributed by atoms with E-state index in [-0.39, 0.29) is 45.6 Å². The van der Waals surface area contributed by atoms with Crippen molar-refractivity contribution >= 4 is 32.5 Å². The molecule has 26 N–H and O–H groups in total. The Balaban J connectivity index is 0.954. The van der Waals surface area contributed by atoms with E-state index in [2.05, 4.69) is 16.1 Å². The van der Waals surface area contributed by atoms with Crippen LogP contribution in [-0.2, 0) is 50.6 Å². The number of nitrogens with zero attached hydrogens (tertiary/aromatic N) is 5. The van der Waals surface area contributed by atoms with E-state index in [0.717, 1.165) is 21.6 Å². The molecule has 8 heterocycles. The first-order valence-electron chi connectivity index (χ1n) is 25.8. The molecule has 0 aromatic heterocycles. The zero-order valence-corrected chi connectivity index (χ0v) is 47.3. The van der Waals surface area contributed by atoms with Crippen LogP contribution in [0.1, 0.15) is 26.2 Å². The van der Waals surface area contributed by atoms with Crippen molar-refractivity contribution in [3.63, 3.8) is 0 Å². The minimum absolute atomic E-state index is 0.0285. The van der Waals surface area contributed by atoms with Crippen molar-refractivity contribution in [2.75, 3.05) is 65.8 Å². The van der Waals surface area contributed by atoms with E-state index in [1.165, 1.54) is 16.8 Å². The molecule has 8 saturated heterocycles. The van der Waals surface area contributed by atoms with E-state index in [1.807, 2.05) is 0 Å². The Morgan fingerprint density at radius 3 is 1.43 bits per heavy atom. The Labute approximate surface area is 459 Å². The summed E-state index contributed by atoms with van der Waals surface area (Å²) in [4.78, 5) is 91.6. The molecule has 0 bridgehead atoms. The Morgan fingerprint density at radius 2 is 0.975 bits per heavy atom. The van der Waals surface area contributed by atoms with Crippen molar-refractivity contribution in [2.45, 2.75) is 162 Å². The van der Waals surface area contributed by atoms with Crippen LogP contribution in [0.25, 0.3) is 0 Å². The van der Waals surface area contributed by atoms with Gasteiger partial charge < -0.3 is 0 Å². The number of aliphatic hydroxyl groups excluding tert-OH is 9. The summed E-state index contributed by atoms with van der Waals surface area (Å²) in [6.07, 6.45) is -32.6. The summed E-state index contributed by atoms with van der Waals surface area (Å²) in [6, 6.07) is 0. The van der Waals surface area contributed by atoms with Gasteiger partial charge in [-0.25, -0.2) is 0 Å². The minimum atomic E-state index is -5.72. The first-order valence-corrected chi connectivity index (χ1v) is 33.2. The van der Waals surface area contributed by atoms with Gasteiger partial charge in [0.25, 0.3) is 0 Å². The standard InChI is InChI=1S/C37H83N11O28P4/c1-15-27(23(51)28(69-15)16-3-6-44(39)11-17(16)49)74-78(60,61)66-13-20-31(26(54)34(72-20)47-9-10-48(40)43-37(47)57)76-80(64,65)68-14-19-30(25(53)33(71-19)46-8-5-22(50)42-36(46)56)75-79(62,63)67-12-18-29(73-77(2,58)59)24(52)32(70-18)45-7-4-21(38)41-35(45)55/h15-37,41-43,49-65,77-80H,3-14,38-40H2,1-2H3. The van der Waals surface area contributed by atoms with Crippen LogP contribution in [0.3, 0.4) is 0 Å². The SMILES string of the molecule is CC1OC(C2CCN(N)CC2O)C(O)C1O[PH](O)(O)OCC1OC(N2CCN(N)NC2O)C(O)C1O[PH](O)(O)OCC1OC(N2CCC(O)NC2O)C(O)C1O[PH](O)(O)OCC1OC(N2CCC(N)NC2O)C(O)C1O[PH](C)(O)O. The fourth-order valence-electron chi connectivity index (χ4n) is 11.0. The van der Waals surface area contributed by atoms with Gasteiger partial charge in [-0.05, 0) is 0 Å². The number of nitrogens with two attached hydrogens (primary N) is 3. The Bertz CT molecular complexity index is 2000. The van der Waals surface area contributed by atoms with Crippen molar-refractivity contribution in [2.24, 2.45) is 23.3 Å². The predicted octanol–water partition coefficient (Wildman–Crippen LogP) is -12.2. The summed E-state index contributed by atoms with van der Waals surface area (Å²) >= 11 is 0. The number of nitrogens with one attached hydrogen (secondary N) is 3. The van der Waals surface area contributed by atoms with Gasteiger partial charge in [0.2, 0.25) is 0 Å². The van der Waals surface area contributed by atoms with Crippen molar-refractivity contribution in [3.05, 3.63) is 0 Å². The third-order valence-corrected chi connectivity index (χ3v) is 19.0. The van der Waals surface area contributed by atoms with E-state index < -0.39 is 194 Å². The second-order valence-electron chi connectivity index (χ2n) is 21.0. The Morgan fingerprint density at radius 1 is 0.525 bits per heavy atom. The molecule has 8 fully saturated rings. The number of rotatable bonds is 21. The maximum atomic E-state index is 11.7. The zero-order valence-electron chi connectivity index (χ0n) is 43.3. The molecule has 23 atom stereocenters. The van der Waals surface area contributed by atoms with Gasteiger partial charge in [-0.15, -0.1) is 0 Å². The number of hydrogen-bond donors (Lipinski definition) is 23. The van der Waals surface area contributed by atoms with Gasteiger partial charge in [-0.2, -0.15) is 0 Å². The number of hydrogen-bond acceptors (Lipinski definition) is 39. The van der Waals surface area contributed by atoms with E-state index in [0.29, 0.717) is 13.0 Å². The van der Waals surface area contributed by atoms with Crippen LogP contribution >= 0.6 is 32.5 Å². The third kappa shape index (κ3) is 16.1. The molecule has 0 aliphatic carbocycles. The Kier molecular flexibility index (Phi) is 22.2. The summed E-state index contributed by atoms with van der Waals surface area (Å²) in [5, 5.41) is 106. The predicted molar refractivity (Wildman–Crippen MR) is 270 cm³/mol. The number of piperidine rings is 1. The molecule has 0 saturated carbocycles. The van der Waals surface area contributed by atoms with Gasteiger partial charge in [0, 0.05) is 0 Å². The summed E-state index contributed by atoms with van der Waals surface area (Å²) in [5.41, 5.74) is 8.35. The maximum absolute atomic E-state index is 11.7. The summed E-state index contributed by atoms with van der Waals surface area (Å²) < 4.78 is 62.0. The van der Waals surface area contributed by atoms with Crippen molar-refractivity contribution in [1.82, 2.24) is 40.9 Å². The molecular weight excluding hydrogens is 1170 g/mol. The van der Waals surface area contributed by atoms with E-state index in [4.69, 9.17) is 68.0 Å². The quantitative estimate of drug-likeness (QED) is 0.0375. The molecule has 0 amide bonds. The fourth-order valence-corrected chi connectivity index (χ4v) is 15.1. The molecule has 474 valence electrons. The van der Waals surface area contributed by atoms with Crippen LogP contribution in [0.5, 0.6) is 0 Å². The number of aliphatic hydroxyl groups is 9. The number of hydrazine groups is 3. The van der Waals surface area contributed by atoms with Gasteiger partial charge >= 0.3 is 460 Å². The molecule has 43 heteroatoms. The molecule has 80 heavy (non-hydrogen) atoms. The molecule has 0 aromatic rings. The third-order valence-electron chi connectivity index (χ3n) is 14.9. The molecule has 23 unspecified atom stereocenters. The molecule has 0 radical (unpaired) electrons. The van der Waals surface area contributed by atoms with Crippen LogP contribution in [0, 0.1) is 5.92 Å². The van der Waals surface area contributed by atoms with Crippen LogP contribution < -0.4 is 33.5 Å². The first kappa shape index (κ1) is 66.1. The van der Waals surface area contributed by atoms with E-state index >= 15 is 0 Å². The van der Waals surface area contributed by atoms with Gasteiger partial charge in [-0.1, -0.05) is 0 Å². The zero-order chi connectivity index (χ0) is 58.6. The number of β-amino-alcohol motifs (C(OH)–C–C–N with tert-alkyl or cyclic N) is 1. The van der Waals surface area contributed by atoms with Crippen LogP contribution in [0.4, 0.5) is 0 Å². The van der Waals surface area contributed by atoms with Gasteiger partial charge in [0.05, 0.1) is 0 Å². The molecule has 8 aliphatic heterocycles. The molecule has 8 rings (SSSR count). The molecule has 0 aromatic carbocycles. The number of ether oxygens (including phenoxy) is 4. The molecule has 0 spiro atoms. The average molecular weight is 1250 g/mol. The summed E-state index contributed by atoms with van der Waals surface area (Å²) in [5.74, 6) is 11.0. The van der Waals surface area contributed by atoms with Crippen molar-refractivity contribution < 1.29 is 136 Å². The van der Waals surface area contributed by atoms with Gasteiger partial charge in [-0.3, -0.25) is 0 Å². The van der Waals surface area contributed by atoms with E-state index in [1.54, 1.807) is 0 Å². The summed E-state index contributed by atoms with van der Waals surface area (Å²) in [7, 11) is -21.2. The normalized spacial score (nSPS) is 44.8. The van der Waals surface area contributed by atoms with Crippen molar-refractivity contribution in [1.29, 1.82) is 0 Å². The van der Waals surface area contributed by atoms with Crippen LogP contribution in [0.2, 0.25) is 0 Å².